The topological polar surface area (TPSA) is 52.8 Å². The number of carbonyl (C=O) groups is 1. The van der Waals surface area contributed by atoms with E-state index in [1.165, 1.54) is 11.3 Å². The van der Waals surface area contributed by atoms with Crippen LogP contribution < -0.4 is 9.80 Å². The molecule has 0 unspecified atom stereocenters. The fraction of sp³-hybridized carbons (Fsp3) is 0.407. The number of anilines is 2. The molecule has 33 heavy (non-hydrogen) atoms. The first-order valence-electron chi connectivity index (χ1n) is 11.9. The fourth-order valence-electron chi connectivity index (χ4n) is 5.01. The largest absolute Gasteiger partial charge is 0.449 e. The maximum absolute atomic E-state index is 13.5. The monoisotopic (exact) mass is 444 g/mol. The Bertz CT molecular complexity index is 1100. The molecule has 1 aromatic heterocycles. The molecule has 6 heteroatoms. The Hall–Kier alpha value is -3.12. The number of benzene rings is 2. The zero-order valence-corrected chi connectivity index (χ0v) is 19.5. The predicted octanol–water partition coefficient (Wildman–Crippen LogP) is 4.39. The first-order valence-corrected chi connectivity index (χ1v) is 11.9. The van der Waals surface area contributed by atoms with Crippen LogP contribution in [0.25, 0.3) is 11.3 Å². The molecule has 5 rings (SSSR count). The van der Waals surface area contributed by atoms with Crippen LogP contribution in [0.3, 0.4) is 0 Å². The lowest BCUT2D eigenvalue weighted by molar-refractivity contribution is -0.123. The average molecular weight is 445 g/mol. The Morgan fingerprint density at radius 2 is 1.76 bits per heavy atom. The maximum atomic E-state index is 13.5. The van der Waals surface area contributed by atoms with E-state index in [1.54, 1.807) is 6.26 Å². The first kappa shape index (κ1) is 21.7. The summed E-state index contributed by atoms with van der Waals surface area (Å²) in [5.41, 5.74) is 5.36. The Labute approximate surface area is 195 Å². The van der Waals surface area contributed by atoms with E-state index in [0.29, 0.717) is 5.89 Å². The molecule has 0 radical (unpaired) electrons. The van der Waals surface area contributed by atoms with Crippen molar-refractivity contribution in [2.75, 3.05) is 49.6 Å². The molecule has 0 saturated carbocycles. The molecule has 0 spiro atoms. The molecule has 1 amide bonds. The maximum Gasteiger partial charge on any atom is 0.230 e. The van der Waals surface area contributed by atoms with Crippen LogP contribution in [0.1, 0.15) is 24.3 Å². The van der Waals surface area contributed by atoms with Crippen LogP contribution >= 0.6 is 0 Å². The molecule has 3 heterocycles. The highest BCUT2D eigenvalue weighted by Crippen LogP contribution is 2.31. The van der Waals surface area contributed by atoms with E-state index in [9.17, 15) is 4.79 Å². The summed E-state index contributed by atoms with van der Waals surface area (Å²) in [5, 5.41) is 0. The fourth-order valence-corrected chi connectivity index (χ4v) is 5.01. The quantitative estimate of drug-likeness (QED) is 0.584. The molecule has 0 bridgehead atoms. The van der Waals surface area contributed by atoms with Crippen LogP contribution in [0, 0.1) is 12.8 Å². The van der Waals surface area contributed by atoms with E-state index in [1.807, 2.05) is 36.1 Å². The van der Waals surface area contributed by atoms with Gasteiger partial charge in [-0.3, -0.25) is 4.79 Å². The Balaban J connectivity index is 1.31. The van der Waals surface area contributed by atoms with Gasteiger partial charge in [0.2, 0.25) is 5.91 Å². The molecule has 1 atom stereocenters. The highest BCUT2D eigenvalue weighted by atomic mass is 16.3. The van der Waals surface area contributed by atoms with Gasteiger partial charge < -0.3 is 19.1 Å². The minimum atomic E-state index is 0.0187. The molecular weight excluding hydrogens is 412 g/mol. The number of hydrogen-bond donors (Lipinski definition) is 0. The molecule has 172 valence electrons. The molecule has 2 aliphatic heterocycles. The smallest absolute Gasteiger partial charge is 0.230 e. The lowest BCUT2D eigenvalue weighted by Gasteiger charge is -2.36. The van der Waals surface area contributed by atoms with Crippen LogP contribution in [0.15, 0.2) is 59.2 Å². The summed E-state index contributed by atoms with van der Waals surface area (Å²) >= 11 is 0. The van der Waals surface area contributed by atoms with Crippen molar-refractivity contribution in [1.29, 1.82) is 0 Å². The van der Waals surface area contributed by atoms with Gasteiger partial charge in [0.15, 0.2) is 5.89 Å². The van der Waals surface area contributed by atoms with Gasteiger partial charge in [0.05, 0.1) is 0 Å². The summed E-state index contributed by atoms with van der Waals surface area (Å²) in [6, 6.07) is 16.7. The van der Waals surface area contributed by atoms with Crippen molar-refractivity contribution in [1.82, 2.24) is 9.88 Å². The molecule has 2 fully saturated rings. The summed E-state index contributed by atoms with van der Waals surface area (Å²) in [6.07, 6.45) is 4.44. The number of carbonyl (C=O) groups excluding carboxylic acids is 1. The van der Waals surface area contributed by atoms with Crippen LogP contribution in [0.2, 0.25) is 0 Å². The normalized spacial score (nSPS) is 19.8. The van der Waals surface area contributed by atoms with Crippen LogP contribution in [-0.2, 0) is 11.2 Å². The number of nitrogens with zero attached hydrogens (tertiary/aromatic N) is 4. The van der Waals surface area contributed by atoms with Crippen molar-refractivity contribution in [2.24, 2.45) is 5.92 Å². The Kier molecular flexibility index (Phi) is 6.18. The van der Waals surface area contributed by atoms with Gasteiger partial charge in [-0.1, -0.05) is 30.3 Å². The van der Waals surface area contributed by atoms with Gasteiger partial charge >= 0.3 is 0 Å². The standard InChI is InChI=1S/C27H32N4O2/c1-20-28-25(19-33-20)21-9-11-24(12-10-21)31-13-5-7-23(27(31)32)18-22-6-3-4-8-26(22)30-16-14-29(2)15-17-30/h3-4,6,8-12,19,23H,5,7,13-18H2,1-2H3/t23-/m1/s1. The van der Waals surface area contributed by atoms with E-state index in [4.69, 9.17) is 4.42 Å². The van der Waals surface area contributed by atoms with Gasteiger partial charge in [-0.2, -0.15) is 0 Å². The summed E-state index contributed by atoms with van der Waals surface area (Å²) in [6.45, 7) is 6.85. The Morgan fingerprint density at radius 1 is 1.00 bits per heavy atom. The second kappa shape index (κ2) is 9.40. The number of piperazine rings is 1. The predicted molar refractivity (Wildman–Crippen MR) is 132 cm³/mol. The van der Waals surface area contributed by atoms with Gasteiger partial charge in [-0.05, 0) is 50.1 Å². The van der Waals surface area contributed by atoms with Crippen molar-refractivity contribution >= 4 is 17.3 Å². The first-order chi connectivity index (χ1) is 16.1. The number of oxazole rings is 1. The minimum absolute atomic E-state index is 0.0187. The molecule has 2 aliphatic rings. The number of rotatable bonds is 5. The van der Waals surface area contributed by atoms with Crippen molar-refractivity contribution in [3.05, 3.63) is 66.2 Å². The molecule has 0 aliphatic carbocycles. The minimum Gasteiger partial charge on any atom is -0.449 e. The summed E-state index contributed by atoms with van der Waals surface area (Å²) in [4.78, 5) is 24.7. The van der Waals surface area contributed by atoms with E-state index >= 15 is 0 Å². The zero-order chi connectivity index (χ0) is 22.8. The van der Waals surface area contributed by atoms with E-state index in [0.717, 1.165) is 68.9 Å². The van der Waals surface area contributed by atoms with E-state index < -0.39 is 0 Å². The van der Waals surface area contributed by atoms with Gasteiger partial charge in [-0.25, -0.2) is 4.98 Å². The third kappa shape index (κ3) is 4.67. The average Bonchev–Trinajstić information content (AvgIpc) is 3.28. The number of hydrogen-bond acceptors (Lipinski definition) is 5. The van der Waals surface area contributed by atoms with Crippen molar-refractivity contribution in [3.63, 3.8) is 0 Å². The second-order valence-corrected chi connectivity index (χ2v) is 9.25. The molecular formula is C27H32N4O2. The molecule has 3 aromatic rings. The lowest BCUT2D eigenvalue weighted by atomic mass is 9.89. The third-order valence-electron chi connectivity index (χ3n) is 6.95. The number of likely N-dealkylation sites (N-methyl/N-ethyl adjacent to an activating group) is 1. The lowest BCUT2D eigenvalue weighted by Crippen LogP contribution is -2.45. The molecule has 2 aromatic carbocycles. The molecule has 6 nitrogen and oxygen atoms in total. The van der Waals surface area contributed by atoms with Gasteiger partial charge in [0.25, 0.3) is 0 Å². The number of amides is 1. The van der Waals surface area contributed by atoms with Gasteiger partial charge in [-0.15, -0.1) is 0 Å². The van der Waals surface area contributed by atoms with Crippen molar-refractivity contribution < 1.29 is 9.21 Å². The summed E-state index contributed by atoms with van der Waals surface area (Å²) < 4.78 is 5.33. The Morgan fingerprint density at radius 3 is 2.48 bits per heavy atom. The second-order valence-electron chi connectivity index (χ2n) is 9.25. The number of aryl methyl sites for hydroxylation is 1. The third-order valence-corrected chi connectivity index (χ3v) is 6.95. The van der Waals surface area contributed by atoms with Gasteiger partial charge in [0, 0.05) is 62.5 Å². The summed E-state index contributed by atoms with van der Waals surface area (Å²) in [7, 11) is 2.18. The zero-order valence-electron chi connectivity index (χ0n) is 19.5. The summed E-state index contributed by atoms with van der Waals surface area (Å²) in [5.74, 6) is 0.907. The van der Waals surface area contributed by atoms with Gasteiger partial charge in [0.1, 0.15) is 12.0 Å². The highest BCUT2D eigenvalue weighted by molar-refractivity contribution is 5.96. The number of piperidine rings is 1. The van der Waals surface area contributed by atoms with Crippen LogP contribution in [-0.4, -0.2) is 55.6 Å². The van der Waals surface area contributed by atoms with Crippen LogP contribution in [0.5, 0.6) is 0 Å². The molecule has 0 N–H and O–H groups in total. The van der Waals surface area contributed by atoms with Crippen molar-refractivity contribution in [3.8, 4) is 11.3 Å². The van der Waals surface area contributed by atoms with E-state index in [2.05, 4.69) is 46.1 Å². The van der Waals surface area contributed by atoms with Crippen molar-refractivity contribution in [2.45, 2.75) is 26.2 Å². The number of aromatic nitrogens is 1. The van der Waals surface area contributed by atoms with E-state index in [-0.39, 0.29) is 11.8 Å². The highest BCUT2D eigenvalue weighted by Gasteiger charge is 2.31. The van der Waals surface area contributed by atoms with Crippen LogP contribution in [0.4, 0.5) is 11.4 Å². The number of para-hydroxylation sites is 1. The molecule has 2 saturated heterocycles. The SMILES string of the molecule is Cc1nc(-c2ccc(N3CCC[C@H](Cc4ccccc4N4CCN(C)CC4)C3=O)cc2)co1.